The largest absolute Gasteiger partial charge is 0.376 e. The number of benzene rings is 1. The Morgan fingerprint density at radius 2 is 2.11 bits per heavy atom. The predicted molar refractivity (Wildman–Crippen MR) is 77.9 cm³/mol. The van der Waals surface area contributed by atoms with Gasteiger partial charge in [0, 0.05) is 0 Å². The maximum atomic E-state index is 12.1. The fraction of sp³-hybridized carbons (Fsp3) is 0.500. The highest BCUT2D eigenvalue weighted by Crippen LogP contribution is 2.16. The van der Waals surface area contributed by atoms with Crippen LogP contribution in [-0.2, 0) is 11.3 Å². The van der Waals surface area contributed by atoms with Gasteiger partial charge in [-0.2, -0.15) is 0 Å². The van der Waals surface area contributed by atoms with Crippen LogP contribution in [0.5, 0.6) is 0 Å². The molecule has 0 radical (unpaired) electrons. The molecule has 0 amide bonds. The van der Waals surface area contributed by atoms with E-state index in [4.69, 9.17) is 4.74 Å². The fourth-order valence-electron chi connectivity index (χ4n) is 2.43. The maximum Gasteiger partial charge on any atom is 0.268 e. The fourth-order valence-corrected chi connectivity index (χ4v) is 3.41. The van der Waals surface area contributed by atoms with Crippen LogP contribution in [0.3, 0.4) is 0 Å². The predicted octanol–water partition coefficient (Wildman–Crippen LogP) is 1.83. The van der Waals surface area contributed by atoms with E-state index in [1.165, 1.54) is 11.5 Å². The number of piperidine rings is 1. The molecule has 0 atom stereocenters. The lowest BCUT2D eigenvalue weighted by Crippen LogP contribution is -2.33. The molecule has 0 unspecified atom stereocenters. The van der Waals surface area contributed by atoms with Crippen molar-refractivity contribution in [2.45, 2.75) is 25.5 Å². The van der Waals surface area contributed by atoms with Crippen LogP contribution in [0, 0.1) is 0 Å². The Morgan fingerprint density at radius 1 is 1.32 bits per heavy atom. The number of rotatable bonds is 4. The molecule has 1 N–H and O–H groups in total. The quantitative estimate of drug-likeness (QED) is 0.928. The molecule has 2 heterocycles. The van der Waals surface area contributed by atoms with Crippen molar-refractivity contribution >= 4 is 21.6 Å². The van der Waals surface area contributed by atoms with Crippen LogP contribution in [0.2, 0.25) is 0 Å². The highest BCUT2D eigenvalue weighted by Gasteiger charge is 2.13. The van der Waals surface area contributed by atoms with E-state index in [0.717, 1.165) is 36.0 Å². The maximum absolute atomic E-state index is 12.1. The third-order valence-corrected chi connectivity index (χ3v) is 4.61. The molecule has 1 aromatic heterocycles. The molecular weight excluding hydrogens is 260 g/mol. The average Bonchev–Trinajstić information content (AvgIpc) is 2.78. The normalized spacial score (nSPS) is 17.1. The lowest BCUT2D eigenvalue weighted by molar-refractivity contribution is 0.0292. The molecule has 19 heavy (non-hydrogen) atoms. The summed E-state index contributed by atoms with van der Waals surface area (Å²) in [5.74, 6) is 0. The van der Waals surface area contributed by atoms with Crippen LogP contribution in [0.25, 0.3) is 10.1 Å². The Hall–Kier alpha value is -1.17. The van der Waals surface area contributed by atoms with Gasteiger partial charge in [0.1, 0.15) is 0 Å². The van der Waals surface area contributed by atoms with Gasteiger partial charge in [0.15, 0.2) is 0 Å². The zero-order chi connectivity index (χ0) is 13.1. The topological polar surface area (TPSA) is 43.3 Å². The standard InChI is InChI=1S/C14H18N2O2S/c17-14-12-3-1-2-4-13(12)19-16(14)9-10-18-11-5-7-15-8-6-11/h1-4,11,15H,5-10H2. The molecular formula is C14H18N2O2S. The molecule has 0 spiro atoms. The molecule has 5 heteroatoms. The minimum absolute atomic E-state index is 0.106. The Bertz CT molecular complexity index is 599. The van der Waals surface area contributed by atoms with Gasteiger partial charge in [-0.05, 0) is 38.1 Å². The third kappa shape index (κ3) is 2.88. The van der Waals surface area contributed by atoms with E-state index in [0.29, 0.717) is 19.3 Å². The van der Waals surface area contributed by atoms with Crippen LogP contribution in [0.1, 0.15) is 12.8 Å². The monoisotopic (exact) mass is 278 g/mol. The summed E-state index contributed by atoms with van der Waals surface area (Å²) in [6.45, 7) is 3.35. The van der Waals surface area contributed by atoms with Crippen molar-refractivity contribution < 1.29 is 4.74 Å². The van der Waals surface area contributed by atoms with E-state index in [1.54, 1.807) is 3.96 Å². The van der Waals surface area contributed by atoms with Crippen LogP contribution in [-0.4, -0.2) is 29.8 Å². The Morgan fingerprint density at radius 3 is 2.89 bits per heavy atom. The second-order valence-corrected chi connectivity index (χ2v) is 5.88. The van der Waals surface area contributed by atoms with Crippen molar-refractivity contribution in [3.05, 3.63) is 34.6 Å². The van der Waals surface area contributed by atoms with Crippen molar-refractivity contribution in [3.8, 4) is 0 Å². The molecule has 0 bridgehead atoms. The van der Waals surface area contributed by atoms with Gasteiger partial charge in [0.25, 0.3) is 5.56 Å². The summed E-state index contributed by atoms with van der Waals surface area (Å²) in [6.07, 6.45) is 2.49. The van der Waals surface area contributed by atoms with Crippen molar-refractivity contribution in [2.24, 2.45) is 0 Å². The summed E-state index contributed by atoms with van der Waals surface area (Å²) in [6, 6.07) is 7.75. The average molecular weight is 278 g/mol. The first-order chi connectivity index (χ1) is 9.34. The highest BCUT2D eigenvalue weighted by molar-refractivity contribution is 7.13. The van der Waals surface area contributed by atoms with E-state index >= 15 is 0 Å². The minimum atomic E-state index is 0.106. The molecule has 1 aliphatic rings. The van der Waals surface area contributed by atoms with Gasteiger partial charge >= 0.3 is 0 Å². The van der Waals surface area contributed by atoms with Crippen molar-refractivity contribution in [1.29, 1.82) is 0 Å². The van der Waals surface area contributed by atoms with Crippen LogP contribution in [0.15, 0.2) is 29.1 Å². The van der Waals surface area contributed by atoms with E-state index in [1.807, 2.05) is 24.3 Å². The van der Waals surface area contributed by atoms with Crippen LogP contribution >= 0.6 is 11.5 Å². The molecule has 0 saturated carbocycles. The van der Waals surface area contributed by atoms with Crippen molar-refractivity contribution in [2.75, 3.05) is 19.7 Å². The van der Waals surface area contributed by atoms with Gasteiger partial charge in [-0.1, -0.05) is 23.7 Å². The molecule has 2 aromatic rings. The number of hydrogen-bond donors (Lipinski definition) is 1. The molecule has 102 valence electrons. The Labute approximate surface area is 116 Å². The Kier molecular flexibility index (Phi) is 3.96. The number of aromatic nitrogens is 1. The first kappa shape index (κ1) is 12.8. The van der Waals surface area contributed by atoms with Gasteiger partial charge in [-0.15, -0.1) is 0 Å². The molecule has 4 nitrogen and oxygen atoms in total. The smallest absolute Gasteiger partial charge is 0.268 e. The lowest BCUT2D eigenvalue weighted by Gasteiger charge is -2.22. The molecule has 1 aromatic carbocycles. The van der Waals surface area contributed by atoms with Gasteiger partial charge < -0.3 is 10.1 Å². The first-order valence-corrected chi connectivity index (χ1v) is 7.53. The van der Waals surface area contributed by atoms with E-state index in [-0.39, 0.29) is 5.56 Å². The zero-order valence-corrected chi connectivity index (χ0v) is 11.6. The van der Waals surface area contributed by atoms with E-state index in [9.17, 15) is 4.79 Å². The summed E-state index contributed by atoms with van der Waals surface area (Å²) in [7, 11) is 0. The molecule has 1 saturated heterocycles. The molecule has 0 aliphatic carbocycles. The summed E-state index contributed by atoms with van der Waals surface area (Å²) < 4.78 is 8.69. The summed E-state index contributed by atoms with van der Waals surface area (Å²) in [5.41, 5.74) is 0.106. The van der Waals surface area contributed by atoms with Gasteiger partial charge in [0.05, 0.1) is 29.3 Å². The zero-order valence-electron chi connectivity index (χ0n) is 10.8. The number of nitrogens with zero attached hydrogens (tertiary/aromatic N) is 1. The van der Waals surface area contributed by atoms with E-state index < -0.39 is 0 Å². The third-order valence-electron chi connectivity index (χ3n) is 3.49. The van der Waals surface area contributed by atoms with E-state index in [2.05, 4.69) is 5.32 Å². The number of hydrogen-bond acceptors (Lipinski definition) is 4. The second-order valence-electron chi connectivity index (χ2n) is 4.81. The van der Waals surface area contributed by atoms with Crippen molar-refractivity contribution in [3.63, 3.8) is 0 Å². The number of nitrogens with one attached hydrogen (secondary N) is 1. The minimum Gasteiger partial charge on any atom is -0.376 e. The number of ether oxygens (including phenoxy) is 1. The summed E-state index contributed by atoms with van der Waals surface area (Å²) >= 11 is 1.52. The van der Waals surface area contributed by atoms with Gasteiger partial charge in [-0.3, -0.25) is 8.75 Å². The first-order valence-electron chi connectivity index (χ1n) is 6.76. The molecule has 1 aliphatic heterocycles. The SMILES string of the molecule is O=c1c2ccccc2sn1CCOC1CCNCC1. The highest BCUT2D eigenvalue weighted by atomic mass is 32.1. The van der Waals surface area contributed by atoms with Gasteiger partial charge in [0.2, 0.25) is 0 Å². The number of fused-ring (bicyclic) bond motifs is 1. The van der Waals surface area contributed by atoms with Gasteiger partial charge in [-0.25, -0.2) is 0 Å². The molecule has 3 rings (SSSR count). The van der Waals surface area contributed by atoms with Crippen molar-refractivity contribution in [1.82, 2.24) is 9.27 Å². The summed E-state index contributed by atoms with van der Waals surface area (Å²) in [4.78, 5) is 12.1. The summed E-state index contributed by atoms with van der Waals surface area (Å²) in [5, 5.41) is 4.13. The lowest BCUT2D eigenvalue weighted by atomic mass is 10.1. The second kappa shape index (κ2) is 5.86. The van der Waals surface area contributed by atoms with Crippen LogP contribution < -0.4 is 10.9 Å². The van der Waals surface area contributed by atoms with Crippen LogP contribution in [0.4, 0.5) is 0 Å². The Balaban J connectivity index is 1.62. The molecule has 1 fully saturated rings.